The van der Waals surface area contributed by atoms with E-state index in [2.05, 4.69) is 4.98 Å². The third-order valence-electron chi connectivity index (χ3n) is 2.55. The van der Waals surface area contributed by atoms with Gasteiger partial charge in [0.25, 0.3) is 0 Å². The van der Waals surface area contributed by atoms with Crippen molar-refractivity contribution in [3.05, 3.63) is 17.7 Å². The molecule has 1 aliphatic heterocycles. The van der Waals surface area contributed by atoms with E-state index in [4.69, 9.17) is 5.11 Å². The molecule has 0 spiro atoms. The lowest BCUT2D eigenvalue weighted by Gasteiger charge is -2.27. The van der Waals surface area contributed by atoms with Gasteiger partial charge < -0.3 is 14.6 Å². The minimum absolute atomic E-state index is 0.0425. The molecule has 0 aliphatic carbocycles. The molecule has 0 saturated carbocycles. The van der Waals surface area contributed by atoms with E-state index in [9.17, 15) is 9.59 Å². The third kappa shape index (κ3) is 1.58. The van der Waals surface area contributed by atoms with Crippen LogP contribution in [-0.2, 0) is 17.9 Å². The molecule has 1 aliphatic rings. The summed E-state index contributed by atoms with van der Waals surface area (Å²) in [5, 5.41) is 8.88. The number of amides is 1. The quantitative estimate of drug-likeness (QED) is 0.703. The smallest absolute Gasteiger partial charge is 0.356 e. The third-order valence-corrected chi connectivity index (χ3v) is 2.55. The molecule has 1 aromatic heterocycles. The summed E-state index contributed by atoms with van der Waals surface area (Å²) in [4.78, 5) is 27.4. The zero-order valence-electron chi connectivity index (χ0n) is 8.30. The highest BCUT2D eigenvalue weighted by molar-refractivity contribution is 5.87. The number of nitrogens with zero attached hydrogens (tertiary/aromatic N) is 3. The average molecular weight is 209 g/mol. The van der Waals surface area contributed by atoms with Gasteiger partial charge in [-0.3, -0.25) is 4.79 Å². The van der Waals surface area contributed by atoms with Crippen LogP contribution in [0.4, 0.5) is 0 Å². The number of carboxylic acid groups (broad SMARTS) is 1. The summed E-state index contributed by atoms with van der Waals surface area (Å²) in [6.07, 6.45) is 1.51. The Bertz CT molecular complexity index is 424. The van der Waals surface area contributed by atoms with Gasteiger partial charge in [-0.1, -0.05) is 0 Å². The lowest BCUT2D eigenvalue weighted by molar-refractivity contribution is -0.130. The number of carbonyl (C=O) groups is 2. The number of fused-ring (bicyclic) bond motifs is 1. The van der Waals surface area contributed by atoms with Crippen LogP contribution in [0, 0.1) is 0 Å². The van der Waals surface area contributed by atoms with E-state index in [0.29, 0.717) is 25.3 Å². The number of aromatic nitrogens is 2. The molecular weight excluding hydrogens is 198 g/mol. The van der Waals surface area contributed by atoms with Gasteiger partial charge in [-0.25, -0.2) is 9.78 Å². The normalized spacial score (nSPS) is 14.9. The standard InChI is InChI=1S/C9H11N3O3/c1-6(13)11-2-3-12-5-10-8(9(14)15)7(12)4-11/h5H,2-4H2,1H3,(H,14,15). The van der Waals surface area contributed by atoms with E-state index in [1.807, 2.05) is 0 Å². The minimum Gasteiger partial charge on any atom is -0.476 e. The van der Waals surface area contributed by atoms with Crippen molar-refractivity contribution in [2.45, 2.75) is 20.0 Å². The van der Waals surface area contributed by atoms with Gasteiger partial charge in [-0.15, -0.1) is 0 Å². The van der Waals surface area contributed by atoms with Gasteiger partial charge in [0.2, 0.25) is 5.91 Å². The van der Waals surface area contributed by atoms with E-state index in [-0.39, 0.29) is 11.6 Å². The molecule has 2 heterocycles. The minimum atomic E-state index is -1.05. The van der Waals surface area contributed by atoms with Crippen LogP contribution < -0.4 is 0 Å². The van der Waals surface area contributed by atoms with E-state index in [1.165, 1.54) is 13.3 Å². The molecule has 6 nitrogen and oxygen atoms in total. The highest BCUT2D eigenvalue weighted by Crippen LogP contribution is 2.16. The maximum atomic E-state index is 11.2. The second-order valence-electron chi connectivity index (χ2n) is 3.48. The van der Waals surface area contributed by atoms with Gasteiger partial charge >= 0.3 is 5.97 Å². The monoisotopic (exact) mass is 209 g/mol. The number of hydrogen-bond acceptors (Lipinski definition) is 3. The van der Waals surface area contributed by atoms with Crippen LogP contribution in [0.5, 0.6) is 0 Å². The van der Waals surface area contributed by atoms with E-state index < -0.39 is 5.97 Å². The van der Waals surface area contributed by atoms with Crippen LogP contribution in [0.3, 0.4) is 0 Å². The van der Waals surface area contributed by atoms with Crippen molar-refractivity contribution in [1.82, 2.24) is 14.5 Å². The Hall–Kier alpha value is -1.85. The summed E-state index contributed by atoms with van der Waals surface area (Å²) >= 11 is 0. The molecule has 0 fully saturated rings. The van der Waals surface area contributed by atoms with E-state index in [0.717, 1.165) is 0 Å². The maximum absolute atomic E-state index is 11.2. The molecule has 6 heteroatoms. The molecular formula is C9H11N3O3. The highest BCUT2D eigenvalue weighted by Gasteiger charge is 2.24. The fourth-order valence-electron chi connectivity index (χ4n) is 1.70. The summed E-state index contributed by atoms with van der Waals surface area (Å²) in [6, 6.07) is 0. The molecule has 80 valence electrons. The molecule has 1 amide bonds. The molecule has 1 aromatic rings. The number of rotatable bonds is 1. The first-order valence-electron chi connectivity index (χ1n) is 4.62. The first-order valence-corrected chi connectivity index (χ1v) is 4.62. The van der Waals surface area contributed by atoms with Crippen molar-refractivity contribution < 1.29 is 14.7 Å². The summed E-state index contributed by atoms with van der Waals surface area (Å²) in [6.45, 7) is 3.02. The number of carbonyl (C=O) groups excluding carboxylic acids is 1. The molecule has 0 unspecified atom stereocenters. The van der Waals surface area contributed by atoms with Crippen LogP contribution in [0.1, 0.15) is 23.1 Å². The number of imidazole rings is 1. The Balaban J connectivity index is 2.34. The van der Waals surface area contributed by atoms with E-state index >= 15 is 0 Å². The number of aromatic carboxylic acids is 1. The summed E-state index contributed by atoms with van der Waals surface area (Å²) in [7, 11) is 0. The number of carboxylic acids is 1. The van der Waals surface area contributed by atoms with Crippen LogP contribution in [0.2, 0.25) is 0 Å². The van der Waals surface area contributed by atoms with Crippen molar-refractivity contribution in [2.75, 3.05) is 6.54 Å². The Morgan fingerprint density at radius 1 is 1.47 bits per heavy atom. The first-order chi connectivity index (χ1) is 7.09. The Morgan fingerprint density at radius 3 is 2.80 bits per heavy atom. The number of hydrogen-bond donors (Lipinski definition) is 1. The van der Waals surface area contributed by atoms with Gasteiger partial charge in [-0.05, 0) is 0 Å². The van der Waals surface area contributed by atoms with Crippen LogP contribution in [-0.4, -0.2) is 38.0 Å². The van der Waals surface area contributed by atoms with E-state index in [1.54, 1.807) is 9.47 Å². The summed E-state index contributed by atoms with van der Waals surface area (Å²) in [5.41, 5.74) is 0.643. The van der Waals surface area contributed by atoms with Crippen molar-refractivity contribution in [1.29, 1.82) is 0 Å². The molecule has 15 heavy (non-hydrogen) atoms. The average Bonchev–Trinajstić information content (AvgIpc) is 2.59. The zero-order chi connectivity index (χ0) is 11.0. The maximum Gasteiger partial charge on any atom is 0.356 e. The predicted octanol–water partition coefficient (Wildman–Crippen LogP) is -0.0566. The van der Waals surface area contributed by atoms with Gasteiger partial charge in [0.05, 0.1) is 18.6 Å². The Labute approximate surface area is 86.1 Å². The van der Waals surface area contributed by atoms with Crippen molar-refractivity contribution in [3.63, 3.8) is 0 Å². The SMILES string of the molecule is CC(=O)N1CCn2cnc(C(=O)O)c2C1. The summed E-state index contributed by atoms with van der Waals surface area (Å²) < 4.78 is 1.78. The Kier molecular flexibility index (Phi) is 2.18. The molecule has 0 aromatic carbocycles. The molecule has 0 saturated heterocycles. The second-order valence-corrected chi connectivity index (χ2v) is 3.48. The molecule has 0 bridgehead atoms. The van der Waals surface area contributed by atoms with Gasteiger partial charge in [0, 0.05) is 20.0 Å². The van der Waals surface area contributed by atoms with Gasteiger partial charge in [0.1, 0.15) is 0 Å². The molecule has 1 N–H and O–H groups in total. The fraction of sp³-hybridized carbons (Fsp3) is 0.444. The van der Waals surface area contributed by atoms with Crippen molar-refractivity contribution in [2.24, 2.45) is 0 Å². The molecule has 2 rings (SSSR count). The van der Waals surface area contributed by atoms with Gasteiger partial charge in [-0.2, -0.15) is 0 Å². The van der Waals surface area contributed by atoms with Crippen molar-refractivity contribution in [3.8, 4) is 0 Å². The fourth-order valence-corrected chi connectivity index (χ4v) is 1.70. The first kappa shape index (κ1) is 9.70. The lowest BCUT2D eigenvalue weighted by atomic mass is 10.2. The summed E-state index contributed by atoms with van der Waals surface area (Å²) in [5.74, 6) is -1.09. The Morgan fingerprint density at radius 2 is 2.20 bits per heavy atom. The molecule has 0 radical (unpaired) electrons. The topological polar surface area (TPSA) is 75.4 Å². The predicted molar refractivity (Wildman–Crippen MR) is 50.3 cm³/mol. The van der Waals surface area contributed by atoms with Gasteiger partial charge in [0.15, 0.2) is 5.69 Å². The van der Waals surface area contributed by atoms with Crippen molar-refractivity contribution >= 4 is 11.9 Å². The highest BCUT2D eigenvalue weighted by atomic mass is 16.4. The van der Waals surface area contributed by atoms with Crippen LogP contribution in [0.25, 0.3) is 0 Å². The van der Waals surface area contributed by atoms with Crippen LogP contribution >= 0.6 is 0 Å². The largest absolute Gasteiger partial charge is 0.476 e. The molecule has 0 atom stereocenters. The zero-order valence-corrected chi connectivity index (χ0v) is 8.30. The van der Waals surface area contributed by atoms with Crippen LogP contribution in [0.15, 0.2) is 6.33 Å². The second kappa shape index (κ2) is 3.38. The lowest BCUT2D eigenvalue weighted by Crippen LogP contribution is -2.37.